The summed E-state index contributed by atoms with van der Waals surface area (Å²) in [5.41, 5.74) is 0. The molecule has 2 rings (SSSR count). The van der Waals surface area contributed by atoms with Crippen molar-refractivity contribution < 1.29 is 9.32 Å². The highest BCUT2D eigenvalue weighted by atomic mass is 16.5. The Bertz CT molecular complexity index is 383. The number of rotatable bonds is 3. The molecule has 17 heavy (non-hydrogen) atoms. The van der Waals surface area contributed by atoms with Gasteiger partial charge in [-0.3, -0.25) is 4.79 Å². The Morgan fingerprint density at radius 3 is 2.76 bits per heavy atom. The molecule has 0 radical (unpaired) electrons. The number of nitrogens with one attached hydrogen (secondary N) is 1. The molecule has 1 aromatic rings. The lowest BCUT2D eigenvalue weighted by atomic mass is 10.3. The monoisotopic (exact) mass is 238 g/mol. The maximum Gasteiger partial charge on any atom is 0.242 e. The van der Waals surface area contributed by atoms with Crippen LogP contribution in [-0.4, -0.2) is 60.6 Å². The molecular weight excluding hydrogens is 220 g/mol. The number of aryl methyl sites for hydroxylation is 1. The van der Waals surface area contributed by atoms with E-state index in [1.54, 1.807) is 6.07 Å². The fraction of sp³-hybridized carbons (Fsp3) is 0.636. The van der Waals surface area contributed by atoms with Gasteiger partial charge in [-0.15, -0.1) is 0 Å². The van der Waals surface area contributed by atoms with Crippen molar-refractivity contribution in [3.63, 3.8) is 0 Å². The van der Waals surface area contributed by atoms with Crippen molar-refractivity contribution in [1.82, 2.24) is 15.0 Å². The van der Waals surface area contributed by atoms with Crippen LogP contribution in [0.25, 0.3) is 0 Å². The number of hydrogen-bond acceptors (Lipinski definition) is 5. The topological polar surface area (TPSA) is 61.6 Å². The fourth-order valence-electron chi connectivity index (χ4n) is 1.78. The van der Waals surface area contributed by atoms with E-state index in [2.05, 4.69) is 22.4 Å². The number of piperazine rings is 1. The first-order chi connectivity index (χ1) is 8.15. The Morgan fingerprint density at radius 1 is 1.47 bits per heavy atom. The number of likely N-dealkylation sites (N-methyl/N-ethyl adjacent to an activating group) is 1. The van der Waals surface area contributed by atoms with Crippen molar-refractivity contribution in [1.29, 1.82) is 0 Å². The molecule has 0 aliphatic carbocycles. The first-order valence-electron chi connectivity index (χ1n) is 5.78. The Balaban J connectivity index is 1.77. The third-order valence-corrected chi connectivity index (χ3v) is 2.90. The van der Waals surface area contributed by atoms with Crippen LogP contribution < -0.4 is 5.32 Å². The molecule has 1 aliphatic heterocycles. The van der Waals surface area contributed by atoms with Crippen molar-refractivity contribution in [2.24, 2.45) is 0 Å². The van der Waals surface area contributed by atoms with Gasteiger partial charge in [0.25, 0.3) is 0 Å². The van der Waals surface area contributed by atoms with Gasteiger partial charge in [0.15, 0.2) is 5.82 Å². The molecule has 0 atom stereocenters. The first kappa shape index (κ1) is 11.9. The first-order valence-corrected chi connectivity index (χ1v) is 5.78. The Labute approximate surface area is 101 Å². The number of nitrogens with zero attached hydrogens (tertiary/aromatic N) is 3. The summed E-state index contributed by atoms with van der Waals surface area (Å²) in [5, 5.41) is 6.74. The summed E-state index contributed by atoms with van der Waals surface area (Å²) in [5.74, 6) is 1.46. The average Bonchev–Trinajstić information content (AvgIpc) is 2.73. The Morgan fingerprint density at radius 2 is 2.18 bits per heavy atom. The van der Waals surface area contributed by atoms with Crippen LogP contribution in [0.4, 0.5) is 5.82 Å². The summed E-state index contributed by atoms with van der Waals surface area (Å²) in [6.07, 6.45) is 0. The van der Waals surface area contributed by atoms with E-state index in [-0.39, 0.29) is 12.5 Å². The van der Waals surface area contributed by atoms with Crippen LogP contribution in [0.15, 0.2) is 10.6 Å². The molecule has 0 saturated carbocycles. The molecule has 0 aromatic carbocycles. The number of amides is 1. The van der Waals surface area contributed by atoms with Gasteiger partial charge in [0, 0.05) is 32.2 Å². The van der Waals surface area contributed by atoms with Crippen LogP contribution in [0.2, 0.25) is 0 Å². The third kappa shape index (κ3) is 3.20. The molecule has 94 valence electrons. The van der Waals surface area contributed by atoms with Gasteiger partial charge in [-0.25, -0.2) is 0 Å². The van der Waals surface area contributed by atoms with Gasteiger partial charge >= 0.3 is 0 Å². The van der Waals surface area contributed by atoms with E-state index < -0.39 is 0 Å². The van der Waals surface area contributed by atoms with Crippen molar-refractivity contribution in [3.8, 4) is 0 Å². The number of carbonyl (C=O) groups is 1. The van der Waals surface area contributed by atoms with Crippen molar-refractivity contribution in [3.05, 3.63) is 11.8 Å². The molecule has 6 heteroatoms. The lowest BCUT2D eigenvalue weighted by molar-refractivity contribution is -0.130. The second-order valence-corrected chi connectivity index (χ2v) is 4.36. The summed E-state index contributed by atoms with van der Waals surface area (Å²) >= 11 is 0. The van der Waals surface area contributed by atoms with Crippen LogP contribution in [-0.2, 0) is 4.79 Å². The number of anilines is 1. The van der Waals surface area contributed by atoms with E-state index >= 15 is 0 Å². The van der Waals surface area contributed by atoms with Gasteiger partial charge in [0.1, 0.15) is 5.76 Å². The summed E-state index contributed by atoms with van der Waals surface area (Å²) in [7, 11) is 2.07. The standard InChI is InChI=1S/C11H18N4O2/c1-9-7-10(13-17-9)12-8-11(16)15-5-3-14(2)4-6-15/h7H,3-6,8H2,1-2H3,(H,12,13). The lowest BCUT2D eigenvalue weighted by Gasteiger charge is -2.32. The van der Waals surface area contributed by atoms with Crippen LogP contribution in [0.3, 0.4) is 0 Å². The maximum atomic E-state index is 11.9. The molecule has 1 N–H and O–H groups in total. The minimum Gasteiger partial charge on any atom is -0.360 e. The number of aromatic nitrogens is 1. The highest BCUT2D eigenvalue weighted by molar-refractivity contribution is 5.80. The zero-order valence-electron chi connectivity index (χ0n) is 10.3. The smallest absolute Gasteiger partial charge is 0.242 e. The predicted octanol–water partition coefficient (Wildman–Crippen LogP) is 0.169. The molecule has 1 saturated heterocycles. The molecule has 1 aliphatic rings. The van der Waals surface area contributed by atoms with E-state index in [1.807, 2.05) is 11.8 Å². The van der Waals surface area contributed by atoms with Gasteiger partial charge in [-0.05, 0) is 14.0 Å². The van der Waals surface area contributed by atoms with Crippen molar-refractivity contribution in [2.75, 3.05) is 45.1 Å². The minimum absolute atomic E-state index is 0.110. The van der Waals surface area contributed by atoms with Gasteiger partial charge in [0.05, 0.1) is 6.54 Å². The molecule has 0 unspecified atom stereocenters. The van der Waals surface area contributed by atoms with Crippen LogP contribution in [0.1, 0.15) is 5.76 Å². The van der Waals surface area contributed by atoms with E-state index in [0.29, 0.717) is 5.82 Å². The quantitative estimate of drug-likeness (QED) is 0.813. The summed E-state index contributed by atoms with van der Waals surface area (Å²) in [4.78, 5) is 16.0. The second kappa shape index (κ2) is 5.18. The zero-order valence-corrected chi connectivity index (χ0v) is 10.3. The molecule has 2 heterocycles. The van der Waals surface area contributed by atoms with Gasteiger partial charge < -0.3 is 19.6 Å². The SMILES string of the molecule is Cc1cc(NCC(=O)N2CCN(C)CC2)no1. The number of carbonyl (C=O) groups excluding carboxylic acids is 1. The van der Waals surface area contributed by atoms with E-state index in [1.165, 1.54) is 0 Å². The highest BCUT2D eigenvalue weighted by Gasteiger charge is 2.18. The van der Waals surface area contributed by atoms with E-state index in [0.717, 1.165) is 31.9 Å². The van der Waals surface area contributed by atoms with E-state index in [9.17, 15) is 4.79 Å². The normalized spacial score (nSPS) is 17.2. The third-order valence-electron chi connectivity index (χ3n) is 2.90. The van der Waals surface area contributed by atoms with Crippen LogP contribution in [0.5, 0.6) is 0 Å². The molecule has 0 spiro atoms. The lowest BCUT2D eigenvalue weighted by Crippen LogP contribution is -2.48. The molecule has 0 bridgehead atoms. The maximum absolute atomic E-state index is 11.9. The Kier molecular flexibility index (Phi) is 3.63. The molecule has 6 nitrogen and oxygen atoms in total. The van der Waals surface area contributed by atoms with Gasteiger partial charge in [-0.1, -0.05) is 5.16 Å². The largest absolute Gasteiger partial charge is 0.360 e. The van der Waals surface area contributed by atoms with Crippen molar-refractivity contribution in [2.45, 2.75) is 6.92 Å². The van der Waals surface area contributed by atoms with Crippen molar-refractivity contribution >= 4 is 11.7 Å². The number of hydrogen-bond donors (Lipinski definition) is 1. The second-order valence-electron chi connectivity index (χ2n) is 4.36. The summed E-state index contributed by atoms with van der Waals surface area (Å²) in [6, 6.07) is 1.78. The van der Waals surface area contributed by atoms with Gasteiger partial charge in [-0.2, -0.15) is 0 Å². The summed E-state index contributed by atoms with van der Waals surface area (Å²) in [6.45, 7) is 5.57. The minimum atomic E-state index is 0.110. The highest BCUT2D eigenvalue weighted by Crippen LogP contribution is 2.07. The molecule has 1 aromatic heterocycles. The molecule has 1 fully saturated rings. The van der Waals surface area contributed by atoms with E-state index in [4.69, 9.17) is 4.52 Å². The average molecular weight is 238 g/mol. The van der Waals surface area contributed by atoms with Crippen LogP contribution in [0, 0.1) is 6.92 Å². The molecular formula is C11H18N4O2. The fourth-order valence-corrected chi connectivity index (χ4v) is 1.78. The van der Waals surface area contributed by atoms with Crippen LogP contribution >= 0.6 is 0 Å². The predicted molar refractivity (Wildman–Crippen MR) is 63.8 cm³/mol. The summed E-state index contributed by atoms with van der Waals surface area (Å²) < 4.78 is 4.91. The Hall–Kier alpha value is -1.56. The van der Waals surface area contributed by atoms with Gasteiger partial charge in [0.2, 0.25) is 5.91 Å². The molecule has 1 amide bonds. The zero-order chi connectivity index (χ0) is 12.3.